The lowest BCUT2D eigenvalue weighted by Gasteiger charge is -2.40. The van der Waals surface area contributed by atoms with Crippen LogP contribution in [0.25, 0.3) is 10.9 Å². The van der Waals surface area contributed by atoms with Crippen LogP contribution in [0.3, 0.4) is 0 Å². The number of hydrogen-bond donors (Lipinski definition) is 0. The van der Waals surface area contributed by atoms with Gasteiger partial charge in [0.15, 0.2) is 5.78 Å². The average Bonchev–Trinajstić information content (AvgIpc) is 2.84. The van der Waals surface area contributed by atoms with Crippen LogP contribution >= 0.6 is 23.2 Å². The summed E-state index contributed by atoms with van der Waals surface area (Å²) in [7, 11) is 1.56. The Balaban J connectivity index is 1.67. The highest BCUT2D eigenvalue weighted by atomic mass is 35.5. The van der Waals surface area contributed by atoms with Gasteiger partial charge in [-0.3, -0.25) is 14.6 Å². The molecule has 2 heterocycles. The highest BCUT2D eigenvalue weighted by Crippen LogP contribution is 2.44. The van der Waals surface area contributed by atoms with Crippen LogP contribution in [0.1, 0.15) is 28.5 Å². The molecule has 0 radical (unpaired) electrons. The normalized spacial score (nSPS) is 17.7. The van der Waals surface area contributed by atoms with E-state index in [1.54, 1.807) is 49.3 Å². The second-order valence-corrected chi connectivity index (χ2v) is 9.19. The smallest absolute Gasteiger partial charge is 0.245 e. The van der Waals surface area contributed by atoms with Crippen molar-refractivity contribution in [1.82, 2.24) is 4.98 Å². The molecule has 34 heavy (non-hydrogen) atoms. The maximum atomic E-state index is 14.0. The Morgan fingerprint density at radius 2 is 1.71 bits per heavy atom. The van der Waals surface area contributed by atoms with Gasteiger partial charge in [-0.15, -0.1) is 0 Å². The van der Waals surface area contributed by atoms with Gasteiger partial charge in [-0.1, -0.05) is 59.6 Å². The van der Waals surface area contributed by atoms with Crippen LogP contribution in [-0.2, 0) is 16.8 Å². The molecule has 0 N–H and O–H groups in total. The first-order valence-corrected chi connectivity index (χ1v) is 11.4. The number of aromatic nitrogens is 1. The minimum Gasteiger partial charge on any atom is -0.497 e. The second kappa shape index (κ2) is 8.42. The second-order valence-electron chi connectivity index (χ2n) is 8.35. The zero-order chi connectivity index (χ0) is 24.0. The number of Topliss-reactive ketones (excluding diaryl/α,β-unsaturated/α-hetero) is 1. The summed E-state index contributed by atoms with van der Waals surface area (Å²) in [5, 5.41) is 1.55. The molecule has 0 spiro atoms. The van der Waals surface area contributed by atoms with Gasteiger partial charge in [-0.25, -0.2) is 0 Å². The number of benzene rings is 3. The topological polar surface area (TPSA) is 59.5 Å². The molecule has 1 aliphatic heterocycles. The van der Waals surface area contributed by atoms with E-state index in [9.17, 15) is 9.59 Å². The van der Waals surface area contributed by atoms with E-state index in [2.05, 4.69) is 0 Å². The van der Waals surface area contributed by atoms with Gasteiger partial charge in [0.2, 0.25) is 5.91 Å². The van der Waals surface area contributed by atoms with E-state index in [0.29, 0.717) is 27.7 Å². The summed E-state index contributed by atoms with van der Waals surface area (Å²) in [6.07, 6.45) is 0. The fourth-order valence-corrected chi connectivity index (χ4v) is 4.99. The van der Waals surface area contributed by atoms with E-state index >= 15 is 0 Å². The van der Waals surface area contributed by atoms with Crippen molar-refractivity contribution >= 4 is 51.5 Å². The monoisotopic (exact) mass is 490 g/mol. The van der Waals surface area contributed by atoms with E-state index in [-0.39, 0.29) is 28.8 Å². The number of carbonyl (C=O) groups excluding carboxylic acids is 2. The molecule has 0 fully saturated rings. The number of anilines is 1. The zero-order valence-electron chi connectivity index (χ0n) is 18.5. The van der Waals surface area contributed by atoms with Crippen molar-refractivity contribution in [2.45, 2.75) is 18.9 Å². The van der Waals surface area contributed by atoms with Gasteiger partial charge in [-0.2, -0.15) is 0 Å². The van der Waals surface area contributed by atoms with Gasteiger partial charge in [-0.05, 0) is 48.9 Å². The number of rotatable bonds is 4. The molecule has 0 saturated heterocycles. The summed E-state index contributed by atoms with van der Waals surface area (Å²) < 4.78 is 5.24. The number of ether oxygens (including phenoxy) is 1. The fraction of sp³-hybridized carbons (Fsp3) is 0.148. The van der Waals surface area contributed by atoms with Crippen molar-refractivity contribution < 1.29 is 14.3 Å². The molecule has 1 unspecified atom stereocenters. The van der Waals surface area contributed by atoms with Crippen LogP contribution in [0.4, 0.5) is 5.69 Å². The number of pyridine rings is 1. The van der Waals surface area contributed by atoms with E-state index in [1.807, 2.05) is 36.4 Å². The highest BCUT2D eigenvalue weighted by Gasteiger charge is 2.51. The number of carbonyl (C=O) groups is 2. The molecule has 1 amide bonds. The van der Waals surface area contributed by atoms with E-state index in [4.69, 9.17) is 32.9 Å². The molecule has 0 saturated carbocycles. The zero-order valence-corrected chi connectivity index (χ0v) is 20.0. The first kappa shape index (κ1) is 22.4. The lowest BCUT2D eigenvalue weighted by atomic mass is 9.72. The molecule has 5 nitrogen and oxygen atoms in total. The Morgan fingerprint density at radius 3 is 2.44 bits per heavy atom. The molecule has 1 atom stereocenters. The molecular formula is C27H20Cl2N2O3. The summed E-state index contributed by atoms with van der Waals surface area (Å²) in [5.41, 5.74) is 1.23. The van der Waals surface area contributed by atoms with Crippen LogP contribution < -0.4 is 9.64 Å². The summed E-state index contributed by atoms with van der Waals surface area (Å²) >= 11 is 12.8. The molecular weight excluding hydrogens is 471 g/mol. The van der Waals surface area contributed by atoms with Crippen LogP contribution in [0, 0.1) is 0 Å². The third kappa shape index (κ3) is 3.52. The SMILES string of the molecule is COc1ccc(C2(C)C(=O)c3c(Cl)cc(Cl)cc3N(Cc3ccc4ccccc4n3)C2=O)cc1. The quantitative estimate of drug-likeness (QED) is 0.317. The molecule has 7 heteroatoms. The van der Waals surface area contributed by atoms with Crippen molar-refractivity contribution in [2.75, 3.05) is 12.0 Å². The van der Waals surface area contributed by atoms with Crippen molar-refractivity contribution in [1.29, 1.82) is 0 Å². The van der Waals surface area contributed by atoms with Crippen molar-refractivity contribution in [2.24, 2.45) is 0 Å². The molecule has 0 bridgehead atoms. The number of methoxy groups -OCH3 is 1. The van der Waals surface area contributed by atoms with Crippen LogP contribution in [0.2, 0.25) is 10.0 Å². The Kier molecular flexibility index (Phi) is 5.54. The van der Waals surface area contributed by atoms with Crippen molar-refractivity contribution in [3.8, 4) is 5.75 Å². The Morgan fingerprint density at radius 1 is 0.971 bits per heavy atom. The number of fused-ring (bicyclic) bond motifs is 2. The molecule has 4 aromatic rings. The number of para-hydroxylation sites is 1. The predicted octanol–water partition coefficient (Wildman–Crippen LogP) is 6.24. The first-order chi connectivity index (χ1) is 16.3. The van der Waals surface area contributed by atoms with E-state index < -0.39 is 5.41 Å². The van der Waals surface area contributed by atoms with E-state index in [1.165, 1.54) is 6.07 Å². The summed E-state index contributed by atoms with van der Waals surface area (Å²) in [4.78, 5) is 34.1. The first-order valence-electron chi connectivity index (χ1n) is 10.7. The Bertz CT molecular complexity index is 1450. The maximum absolute atomic E-state index is 14.0. The summed E-state index contributed by atoms with van der Waals surface area (Å²) in [5.74, 6) is -0.115. The number of halogens is 2. The lowest BCUT2D eigenvalue weighted by Crippen LogP contribution is -2.54. The minimum atomic E-state index is -1.48. The van der Waals surface area contributed by atoms with Crippen molar-refractivity contribution in [3.05, 3.63) is 99.7 Å². The lowest BCUT2D eigenvalue weighted by molar-refractivity contribution is -0.122. The number of amides is 1. The summed E-state index contributed by atoms with van der Waals surface area (Å²) in [6.45, 7) is 1.79. The van der Waals surface area contributed by atoms with Gasteiger partial charge < -0.3 is 9.64 Å². The highest BCUT2D eigenvalue weighted by molar-refractivity contribution is 6.41. The van der Waals surface area contributed by atoms with Gasteiger partial charge in [0.1, 0.15) is 11.2 Å². The molecule has 170 valence electrons. The molecule has 3 aromatic carbocycles. The molecule has 1 aromatic heterocycles. The van der Waals surface area contributed by atoms with Crippen LogP contribution in [-0.4, -0.2) is 23.8 Å². The average molecular weight is 491 g/mol. The van der Waals surface area contributed by atoms with Gasteiger partial charge in [0, 0.05) is 10.4 Å². The van der Waals surface area contributed by atoms with E-state index in [0.717, 1.165) is 10.9 Å². The molecule has 1 aliphatic rings. The third-order valence-electron chi connectivity index (χ3n) is 6.32. The largest absolute Gasteiger partial charge is 0.497 e. The molecule has 0 aliphatic carbocycles. The minimum absolute atomic E-state index is 0.159. The standard InChI is InChI=1S/C27H20Cl2N2O3/c1-27(17-8-11-20(34-2)12-9-17)25(32)24-21(29)13-18(28)14-23(24)31(26(27)33)15-19-10-7-16-5-3-4-6-22(16)30-19/h3-14H,15H2,1-2H3. The molecule has 5 rings (SSSR count). The Hall–Kier alpha value is -3.41. The fourth-order valence-electron chi connectivity index (χ4n) is 4.42. The van der Waals surface area contributed by atoms with Gasteiger partial charge in [0.05, 0.1) is 41.1 Å². The van der Waals surface area contributed by atoms with Crippen LogP contribution in [0.15, 0.2) is 72.8 Å². The third-order valence-corrected chi connectivity index (χ3v) is 6.84. The van der Waals surface area contributed by atoms with Gasteiger partial charge in [0.25, 0.3) is 0 Å². The number of hydrogen-bond acceptors (Lipinski definition) is 4. The van der Waals surface area contributed by atoms with Crippen LogP contribution in [0.5, 0.6) is 5.75 Å². The van der Waals surface area contributed by atoms with Gasteiger partial charge >= 0.3 is 0 Å². The predicted molar refractivity (Wildman–Crippen MR) is 134 cm³/mol. The van der Waals surface area contributed by atoms with Crippen molar-refractivity contribution in [3.63, 3.8) is 0 Å². The summed E-state index contributed by atoms with van der Waals surface area (Å²) in [6, 6.07) is 21.7. The maximum Gasteiger partial charge on any atom is 0.245 e. The Labute approximate surface area is 206 Å². The number of ketones is 1. The number of nitrogens with zero attached hydrogens (tertiary/aromatic N) is 2.